The SMILES string of the molecule is CCC(O)(CC)/C(=C\c1ccccc1O)Cc1ccccc1. The Kier molecular flexibility index (Phi) is 5.40. The second-order valence-electron chi connectivity index (χ2n) is 5.63. The second-order valence-corrected chi connectivity index (χ2v) is 5.63. The van der Waals surface area contributed by atoms with E-state index < -0.39 is 5.60 Å². The summed E-state index contributed by atoms with van der Waals surface area (Å²) in [5.41, 5.74) is 1.99. The van der Waals surface area contributed by atoms with E-state index in [-0.39, 0.29) is 5.75 Å². The van der Waals surface area contributed by atoms with Gasteiger partial charge in [0.2, 0.25) is 0 Å². The van der Waals surface area contributed by atoms with Gasteiger partial charge in [0.25, 0.3) is 0 Å². The Balaban J connectivity index is 2.44. The van der Waals surface area contributed by atoms with Crippen molar-refractivity contribution in [1.82, 2.24) is 0 Å². The summed E-state index contributed by atoms with van der Waals surface area (Å²) in [4.78, 5) is 0. The third-order valence-electron chi connectivity index (χ3n) is 4.27. The summed E-state index contributed by atoms with van der Waals surface area (Å²) in [5, 5.41) is 21.0. The summed E-state index contributed by atoms with van der Waals surface area (Å²) in [7, 11) is 0. The van der Waals surface area contributed by atoms with E-state index in [0.29, 0.717) is 19.3 Å². The van der Waals surface area contributed by atoms with Crippen molar-refractivity contribution in [3.8, 4) is 5.75 Å². The Hall–Kier alpha value is -2.06. The van der Waals surface area contributed by atoms with Crippen LogP contribution in [0.4, 0.5) is 0 Å². The zero-order valence-corrected chi connectivity index (χ0v) is 13.3. The Morgan fingerprint density at radius 1 is 0.955 bits per heavy atom. The van der Waals surface area contributed by atoms with Crippen LogP contribution in [0.15, 0.2) is 60.2 Å². The van der Waals surface area contributed by atoms with Crippen LogP contribution in [0, 0.1) is 0 Å². The van der Waals surface area contributed by atoms with Crippen molar-refractivity contribution < 1.29 is 10.2 Å². The molecule has 0 spiro atoms. The summed E-state index contributed by atoms with van der Waals surface area (Å²) in [6.07, 6.45) is 3.90. The van der Waals surface area contributed by atoms with E-state index in [9.17, 15) is 10.2 Å². The summed E-state index contributed by atoms with van der Waals surface area (Å²) < 4.78 is 0. The quantitative estimate of drug-likeness (QED) is 0.819. The first-order chi connectivity index (χ1) is 10.6. The first-order valence-corrected chi connectivity index (χ1v) is 7.84. The molecule has 116 valence electrons. The molecule has 0 saturated carbocycles. The molecular formula is C20H24O2. The Morgan fingerprint density at radius 3 is 2.14 bits per heavy atom. The minimum atomic E-state index is -0.849. The van der Waals surface area contributed by atoms with E-state index in [1.54, 1.807) is 12.1 Å². The minimum Gasteiger partial charge on any atom is -0.507 e. The van der Waals surface area contributed by atoms with E-state index in [0.717, 1.165) is 16.7 Å². The minimum absolute atomic E-state index is 0.239. The Labute approximate surface area is 132 Å². The molecule has 0 aliphatic rings. The summed E-state index contributed by atoms with van der Waals surface area (Å²) in [6.45, 7) is 3.99. The number of aliphatic hydroxyl groups is 1. The van der Waals surface area contributed by atoms with Gasteiger partial charge >= 0.3 is 0 Å². The Morgan fingerprint density at radius 2 is 1.55 bits per heavy atom. The molecule has 0 aliphatic carbocycles. The van der Waals surface area contributed by atoms with Crippen molar-refractivity contribution in [2.45, 2.75) is 38.7 Å². The summed E-state index contributed by atoms with van der Waals surface area (Å²) in [6, 6.07) is 17.3. The third-order valence-corrected chi connectivity index (χ3v) is 4.27. The lowest BCUT2D eigenvalue weighted by Crippen LogP contribution is -2.30. The number of aromatic hydroxyl groups is 1. The van der Waals surface area contributed by atoms with Crippen LogP contribution in [0.5, 0.6) is 5.75 Å². The molecule has 22 heavy (non-hydrogen) atoms. The van der Waals surface area contributed by atoms with Crippen LogP contribution in [0.25, 0.3) is 6.08 Å². The van der Waals surface area contributed by atoms with Crippen LogP contribution >= 0.6 is 0 Å². The highest BCUT2D eigenvalue weighted by Gasteiger charge is 2.27. The van der Waals surface area contributed by atoms with Gasteiger partial charge in [0.05, 0.1) is 5.60 Å². The van der Waals surface area contributed by atoms with Gasteiger partial charge in [0.15, 0.2) is 0 Å². The average molecular weight is 296 g/mol. The summed E-state index contributed by atoms with van der Waals surface area (Å²) >= 11 is 0. The summed E-state index contributed by atoms with van der Waals surface area (Å²) in [5.74, 6) is 0.239. The highest BCUT2D eigenvalue weighted by molar-refractivity contribution is 5.61. The zero-order chi connectivity index (χ0) is 16.0. The highest BCUT2D eigenvalue weighted by Crippen LogP contribution is 2.31. The number of phenols is 1. The molecule has 2 N–H and O–H groups in total. The average Bonchev–Trinajstić information content (AvgIpc) is 2.56. The van der Waals surface area contributed by atoms with Gasteiger partial charge in [-0.15, -0.1) is 0 Å². The zero-order valence-electron chi connectivity index (χ0n) is 13.3. The van der Waals surface area contributed by atoms with E-state index in [4.69, 9.17) is 0 Å². The van der Waals surface area contributed by atoms with Gasteiger partial charge in [-0.05, 0) is 42.5 Å². The van der Waals surface area contributed by atoms with Crippen molar-refractivity contribution >= 4 is 6.08 Å². The molecule has 2 nitrogen and oxygen atoms in total. The van der Waals surface area contributed by atoms with Gasteiger partial charge in [0, 0.05) is 5.56 Å². The Bertz CT molecular complexity index is 625. The van der Waals surface area contributed by atoms with Gasteiger partial charge in [-0.1, -0.05) is 62.4 Å². The molecule has 0 atom stereocenters. The highest BCUT2D eigenvalue weighted by atomic mass is 16.3. The standard InChI is InChI=1S/C20H24O2/c1-3-20(22,4-2)18(14-16-10-6-5-7-11-16)15-17-12-8-9-13-19(17)21/h5-13,15,21-22H,3-4,14H2,1-2H3/b18-15-. The van der Waals surface area contributed by atoms with Crippen LogP contribution in [-0.2, 0) is 6.42 Å². The fraction of sp³-hybridized carbons (Fsp3) is 0.300. The lowest BCUT2D eigenvalue weighted by Gasteiger charge is -2.29. The molecule has 2 aromatic carbocycles. The first-order valence-electron chi connectivity index (χ1n) is 7.84. The van der Waals surface area contributed by atoms with Gasteiger partial charge in [-0.2, -0.15) is 0 Å². The lowest BCUT2D eigenvalue weighted by atomic mass is 9.83. The third kappa shape index (κ3) is 3.77. The molecule has 0 aromatic heterocycles. The molecular weight excluding hydrogens is 272 g/mol. The molecule has 0 radical (unpaired) electrons. The smallest absolute Gasteiger partial charge is 0.122 e. The maximum atomic E-state index is 11.0. The van der Waals surface area contributed by atoms with Gasteiger partial charge in [0.1, 0.15) is 5.75 Å². The van der Waals surface area contributed by atoms with Crippen LogP contribution in [-0.4, -0.2) is 15.8 Å². The van der Waals surface area contributed by atoms with E-state index in [2.05, 4.69) is 12.1 Å². The molecule has 0 aliphatic heterocycles. The maximum absolute atomic E-state index is 11.0. The molecule has 2 heteroatoms. The van der Waals surface area contributed by atoms with Gasteiger partial charge in [-0.25, -0.2) is 0 Å². The first kappa shape index (κ1) is 16.3. The van der Waals surface area contributed by atoms with Crippen molar-refractivity contribution in [2.75, 3.05) is 0 Å². The van der Waals surface area contributed by atoms with Crippen LogP contribution < -0.4 is 0 Å². The van der Waals surface area contributed by atoms with Gasteiger partial charge < -0.3 is 10.2 Å². The normalized spacial score (nSPS) is 12.4. The number of benzene rings is 2. The van der Waals surface area contributed by atoms with E-state index in [1.165, 1.54) is 0 Å². The number of hydrogen-bond acceptors (Lipinski definition) is 2. The molecule has 2 rings (SSSR count). The van der Waals surface area contributed by atoms with Crippen molar-refractivity contribution in [3.05, 3.63) is 71.3 Å². The lowest BCUT2D eigenvalue weighted by molar-refractivity contribution is 0.0689. The number of phenolic OH excluding ortho intramolecular Hbond substituents is 1. The molecule has 0 bridgehead atoms. The maximum Gasteiger partial charge on any atom is 0.122 e. The predicted octanol–water partition coefficient (Wildman–Crippen LogP) is 4.57. The molecule has 0 fully saturated rings. The van der Waals surface area contributed by atoms with E-state index >= 15 is 0 Å². The van der Waals surface area contributed by atoms with Crippen LogP contribution in [0.3, 0.4) is 0 Å². The van der Waals surface area contributed by atoms with Crippen LogP contribution in [0.2, 0.25) is 0 Å². The van der Waals surface area contributed by atoms with Crippen molar-refractivity contribution in [3.63, 3.8) is 0 Å². The van der Waals surface area contributed by atoms with Crippen molar-refractivity contribution in [1.29, 1.82) is 0 Å². The fourth-order valence-corrected chi connectivity index (χ4v) is 2.67. The van der Waals surface area contributed by atoms with Crippen LogP contribution in [0.1, 0.15) is 37.8 Å². The molecule has 0 heterocycles. The number of hydrogen-bond donors (Lipinski definition) is 2. The molecule has 2 aromatic rings. The largest absolute Gasteiger partial charge is 0.507 e. The van der Waals surface area contributed by atoms with Crippen molar-refractivity contribution in [2.24, 2.45) is 0 Å². The van der Waals surface area contributed by atoms with Gasteiger partial charge in [-0.3, -0.25) is 0 Å². The topological polar surface area (TPSA) is 40.5 Å². The second kappa shape index (κ2) is 7.28. The fourth-order valence-electron chi connectivity index (χ4n) is 2.67. The van der Waals surface area contributed by atoms with E-state index in [1.807, 2.05) is 50.3 Å². The number of para-hydroxylation sites is 1. The molecule has 0 saturated heterocycles. The molecule has 0 amide bonds. The molecule has 0 unspecified atom stereocenters. The monoisotopic (exact) mass is 296 g/mol. The number of rotatable bonds is 6. The predicted molar refractivity (Wildman–Crippen MR) is 91.8 cm³/mol.